The van der Waals surface area contributed by atoms with Crippen LogP contribution in [-0.4, -0.2) is 50.5 Å². The molecule has 3 rings (SSSR count). The molecule has 0 radical (unpaired) electrons. The fourth-order valence-corrected chi connectivity index (χ4v) is 3.89. The molecule has 1 heterocycles. The molecular weight excluding hydrogens is 403 g/mol. The van der Waals surface area contributed by atoms with Gasteiger partial charge in [-0.2, -0.15) is 0 Å². The Kier molecular flexibility index (Phi) is 6.57. The first-order valence-corrected chi connectivity index (χ1v) is 8.83. The van der Waals surface area contributed by atoms with E-state index >= 15 is 0 Å². The molecule has 3 fully saturated rings. The third-order valence-electron chi connectivity index (χ3n) is 5.81. The molecule has 2 aliphatic carbocycles. The number of piperidine rings is 1. The summed E-state index contributed by atoms with van der Waals surface area (Å²) in [5.41, 5.74) is 0.605. The van der Waals surface area contributed by atoms with E-state index in [-0.39, 0.29) is 29.9 Å². The van der Waals surface area contributed by atoms with E-state index in [0.29, 0.717) is 17.8 Å². The standard InChI is InChI=1S/C17H30N4O.HI/c1-18-15(22)11-13-5-9-21(10-6-13)16(19-2)20-12-17(7-8-17)14-3-4-14;/h13-14H,3-12H2,1-2H3,(H,18,22)(H,19,20);1H. The molecular formula is C17H31IN4O. The quantitative estimate of drug-likeness (QED) is 0.397. The zero-order chi connectivity index (χ0) is 15.6. The van der Waals surface area contributed by atoms with Crippen molar-refractivity contribution in [1.29, 1.82) is 0 Å². The van der Waals surface area contributed by atoms with Crippen molar-refractivity contribution in [2.45, 2.75) is 44.9 Å². The van der Waals surface area contributed by atoms with Crippen molar-refractivity contribution in [3.05, 3.63) is 0 Å². The number of carbonyl (C=O) groups is 1. The van der Waals surface area contributed by atoms with Crippen LogP contribution in [-0.2, 0) is 4.79 Å². The minimum Gasteiger partial charge on any atom is -0.359 e. The van der Waals surface area contributed by atoms with Crippen LogP contribution < -0.4 is 10.6 Å². The molecule has 0 atom stereocenters. The van der Waals surface area contributed by atoms with E-state index in [0.717, 1.165) is 44.4 Å². The second kappa shape index (κ2) is 8.03. The second-order valence-corrected chi connectivity index (χ2v) is 7.35. The van der Waals surface area contributed by atoms with Crippen LogP contribution in [0.5, 0.6) is 0 Å². The van der Waals surface area contributed by atoms with Gasteiger partial charge in [0.1, 0.15) is 0 Å². The van der Waals surface area contributed by atoms with Gasteiger partial charge in [0.05, 0.1) is 0 Å². The Morgan fingerprint density at radius 1 is 1.22 bits per heavy atom. The highest BCUT2D eigenvalue weighted by molar-refractivity contribution is 14.0. The summed E-state index contributed by atoms with van der Waals surface area (Å²) in [6.07, 6.45) is 8.51. The van der Waals surface area contributed by atoms with Crippen molar-refractivity contribution in [3.63, 3.8) is 0 Å². The van der Waals surface area contributed by atoms with E-state index in [1.165, 1.54) is 25.7 Å². The lowest BCUT2D eigenvalue weighted by molar-refractivity contribution is -0.121. The zero-order valence-corrected chi connectivity index (χ0v) is 16.8. The van der Waals surface area contributed by atoms with Crippen LogP contribution >= 0.6 is 24.0 Å². The van der Waals surface area contributed by atoms with Crippen molar-refractivity contribution >= 4 is 35.8 Å². The third kappa shape index (κ3) is 4.73. The number of halogens is 1. The van der Waals surface area contributed by atoms with E-state index in [4.69, 9.17) is 0 Å². The molecule has 132 valence electrons. The normalized spacial score (nSPS) is 23.9. The maximum Gasteiger partial charge on any atom is 0.220 e. The highest BCUT2D eigenvalue weighted by Crippen LogP contribution is 2.60. The van der Waals surface area contributed by atoms with Gasteiger partial charge >= 0.3 is 0 Å². The molecule has 5 nitrogen and oxygen atoms in total. The summed E-state index contributed by atoms with van der Waals surface area (Å²) < 4.78 is 0. The molecule has 2 saturated carbocycles. The van der Waals surface area contributed by atoms with Crippen LogP contribution in [0.1, 0.15) is 44.9 Å². The summed E-state index contributed by atoms with van der Waals surface area (Å²) in [4.78, 5) is 18.3. The summed E-state index contributed by atoms with van der Waals surface area (Å²) in [7, 11) is 3.60. The Hall–Kier alpha value is -0.530. The first-order chi connectivity index (χ1) is 10.7. The molecule has 1 amide bonds. The van der Waals surface area contributed by atoms with E-state index in [2.05, 4.69) is 20.5 Å². The maximum atomic E-state index is 11.5. The number of hydrogen-bond acceptors (Lipinski definition) is 2. The molecule has 3 aliphatic rings. The maximum absolute atomic E-state index is 11.5. The summed E-state index contributed by atoms with van der Waals surface area (Å²) >= 11 is 0. The number of carbonyl (C=O) groups excluding carboxylic acids is 1. The number of likely N-dealkylation sites (tertiary alicyclic amines) is 1. The molecule has 1 aliphatic heterocycles. The predicted molar refractivity (Wildman–Crippen MR) is 104 cm³/mol. The van der Waals surface area contributed by atoms with Gasteiger partial charge in [-0.1, -0.05) is 0 Å². The Morgan fingerprint density at radius 3 is 2.35 bits per heavy atom. The average Bonchev–Trinajstić information content (AvgIpc) is 3.41. The molecule has 1 saturated heterocycles. The number of amides is 1. The van der Waals surface area contributed by atoms with E-state index in [1.807, 2.05) is 7.05 Å². The van der Waals surface area contributed by atoms with Crippen LogP contribution in [0.3, 0.4) is 0 Å². The lowest BCUT2D eigenvalue weighted by Crippen LogP contribution is -2.47. The number of hydrogen-bond donors (Lipinski definition) is 2. The molecule has 0 aromatic rings. The van der Waals surface area contributed by atoms with Crippen LogP contribution in [0.25, 0.3) is 0 Å². The van der Waals surface area contributed by atoms with Gasteiger partial charge in [-0.05, 0) is 55.8 Å². The van der Waals surface area contributed by atoms with Crippen LogP contribution in [0.15, 0.2) is 4.99 Å². The molecule has 0 bridgehead atoms. The van der Waals surface area contributed by atoms with Gasteiger partial charge in [0, 0.05) is 40.2 Å². The average molecular weight is 434 g/mol. The van der Waals surface area contributed by atoms with E-state index in [1.54, 1.807) is 7.05 Å². The molecule has 0 aromatic heterocycles. The van der Waals surface area contributed by atoms with Gasteiger partial charge in [0.25, 0.3) is 0 Å². The fourth-order valence-electron chi connectivity index (χ4n) is 3.89. The Bertz CT molecular complexity index is 438. The number of rotatable bonds is 5. The summed E-state index contributed by atoms with van der Waals surface area (Å²) in [6.45, 7) is 3.12. The molecule has 23 heavy (non-hydrogen) atoms. The zero-order valence-electron chi connectivity index (χ0n) is 14.4. The number of nitrogens with zero attached hydrogens (tertiary/aromatic N) is 2. The Labute approximate surface area is 157 Å². The fraction of sp³-hybridized carbons (Fsp3) is 0.882. The van der Waals surface area contributed by atoms with Crippen LogP contribution in [0.2, 0.25) is 0 Å². The minimum atomic E-state index is 0. The number of guanidine groups is 1. The third-order valence-corrected chi connectivity index (χ3v) is 5.81. The first-order valence-electron chi connectivity index (χ1n) is 8.83. The minimum absolute atomic E-state index is 0. The van der Waals surface area contributed by atoms with Gasteiger partial charge in [-0.25, -0.2) is 0 Å². The predicted octanol–water partition coefficient (Wildman–Crippen LogP) is 2.22. The number of nitrogens with one attached hydrogen (secondary N) is 2. The van der Waals surface area contributed by atoms with Gasteiger partial charge in [-0.3, -0.25) is 9.79 Å². The highest BCUT2D eigenvalue weighted by Gasteiger charge is 2.53. The largest absolute Gasteiger partial charge is 0.359 e. The Morgan fingerprint density at radius 2 is 1.87 bits per heavy atom. The summed E-state index contributed by atoms with van der Waals surface area (Å²) in [6, 6.07) is 0. The molecule has 2 N–H and O–H groups in total. The van der Waals surface area contributed by atoms with E-state index in [9.17, 15) is 4.79 Å². The van der Waals surface area contributed by atoms with Crippen molar-refractivity contribution in [3.8, 4) is 0 Å². The number of aliphatic imine (C=N–C) groups is 1. The van der Waals surface area contributed by atoms with Crippen LogP contribution in [0, 0.1) is 17.3 Å². The lowest BCUT2D eigenvalue weighted by atomic mass is 9.93. The first kappa shape index (κ1) is 18.8. The summed E-state index contributed by atoms with van der Waals surface area (Å²) in [5, 5.41) is 6.36. The van der Waals surface area contributed by atoms with E-state index < -0.39 is 0 Å². The smallest absolute Gasteiger partial charge is 0.220 e. The van der Waals surface area contributed by atoms with Gasteiger partial charge < -0.3 is 15.5 Å². The van der Waals surface area contributed by atoms with Gasteiger partial charge in [0.15, 0.2) is 5.96 Å². The molecule has 0 unspecified atom stereocenters. The van der Waals surface area contributed by atoms with Crippen LogP contribution in [0.4, 0.5) is 0 Å². The molecule has 0 aromatic carbocycles. The topological polar surface area (TPSA) is 56.7 Å². The molecule has 0 spiro atoms. The van der Waals surface area contributed by atoms with Gasteiger partial charge in [0.2, 0.25) is 5.91 Å². The van der Waals surface area contributed by atoms with Crippen molar-refractivity contribution in [2.75, 3.05) is 33.7 Å². The van der Waals surface area contributed by atoms with Gasteiger partial charge in [-0.15, -0.1) is 24.0 Å². The molecule has 6 heteroatoms. The van der Waals surface area contributed by atoms with Crippen molar-refractivity contribution in [1.82, 2.24) is 15.5 Å². The Balaban J connectivity index is 0.00000192. The lowest BCUT2D eigenvalue weighted by Gasteiger charge is -2.34. The van der Waals surface area contributed by atoms with Crippen molar-refractivity contribution in [2.24, 2.45) is 22.2 Å². The second-order valence-electron chi connectivity index (χ2n) is 7.35. The SMILES string of the molecule is CN=C(NCC1(C2CC2)CC1)N1CCC(CC(=O)NC)CC1.I. The summed E-state index contributed by atoms with van der Waals surface area (Å²) in [5.74, 6) is 2.73. The monoisotopic (exact) mass is 434 g/mol. The highest BCUT2D eigenvalue weighted by atomic mass is 127. The van der Waals surface area contributed by atoms with Crippen molar-refractivity contribution < 1.29 is 4.79 Å².